The number of methoxy groups -OCH3 is 1. The van der Waals surface area contributed by atoms with E-state index in [9.17, 15) is 9.90 Å². The molecule has 1 saturated heterocycles. The maximum absolute atomic E-state index is 12.2. The van der Waals surface area contributed by atoms with E-state index in [2.05, 4.69) is 22.8 Å². The van der Waals surface area contributed by atoms with Crippen molar-refractivity contribution < 1.29 is 14.6 Å². The molecule has 0 bridgehead atoms. The lowest BCUT2D eigenvalue weighted by atomic mass is 9.87. The largest absolute Gasteiger partial charge is 0.495 e. The van der Waals surface area contributed by atoms with Crippen molar-refractivity contribution in [2.45, 2.75) is 31.7 Å². The minimum absolute atomic E-state index is 0.00437. The van der Waals surface area contributed by atoms with E-state index in [-0.39, 0.29) is 6.04 Å². The Balaban J connectivity index is 1.76. The number of aliphatic carboxylic acids is 1. The van der Waals surface area contributed by atoms with Crippen LogP contribution in [0.2, 0.25) is 0 Å². The Kier molecular flexibility index (Phi) is 6.93. The van der Waals surface area contributed by atoms with Crippen molar-refractivity contribution in [1.29, 1.82) is 0 Å². The average Bonchev–Trinajstić information content (AvgIpc) is 2.74. The summed E-state index contributed by atoms with van der Waals surface area (Å²) < 4.78 is 5.51. The third kappa shape index (κ3) is 4.47. The summed E-state index contributed by atoms with van der Waals surface area (Å²) in [5.74, 6) is -0.357. The van der Waals surface area contributed by atoms with Gasteiger partial charge >= 0.3 is 5.97 Å². The Bertz CT molecular complexity index is 757. The van der Waals surface area contributed by atoms with Crippen LogP contribution in [0.15, 0.2) is 54.6 Å². The van der Waals surface area contributed by atoms with Crippen molar-refractivity contribution in [2.24, 2.45) is 0 Å². The molecule has 2 atom stereocenters. The highest BCUT2D eigenvalue weighted by Crippen LogP contribution is 2.31. The van der Waals surface area contributed by atoms with Crippen LogP contribution >= 0.6 is 0 Å². The van der Waals surface area contributed by atoms with E-state index >= 15 is 0 Å². The highest BCUT2D eigenvalue weighted by molar-refractivity contribution is 5.77. The summed E-state index contributed by atoms with van der Waals surface area (Å²) in [6, 6.07) is 17.7. The topological polar surface area (TPSA) is 53.0 Å². The van der Waals surface area contributed by atoms with Crippen LogP contribution in [0, 0.1) is 0 Å². The van der Waals surface area contributed by atoms with Crippen LogP contribution in [0.25, 0.3) is 0 Å². The second-order valence-electron chi connectivity index (χ2n) is 7.28. The number of carboxylic acid groups (broad SMARTS) is 1. The number of benzene rings is 2. The van der Waals surface area contributed by atoms with Crippen molar-refractivity contribution in [3.63, 3.8) is 0 Å². The van der Waals surface area contributed by atoms with E-state index in [4.69, 9.17) is 4.74 Å². The van der Waals surface area contributed by atoms with Gasteiger partial charge in [0.05, 0.1) is 18.7 Å². The van der Waals surface area contributed by atoms with Crippen molar-refractivity contribution in [1.82, 2.24) is 4.90 Å². The molecule has 2 aromatic rings. The zero-order valence-electron chi connectivity index (χ0n) is 16.8. The summed E-state index contributed by atoms with van der Waals surface area (Å²) in [5, 5.41) is 10.00. The number of para-hydroxylation sites is 2. The number of piperazine rings is 1. The van der Waals surface area contributed by atoms with Crippen molar-refractivity contribution >= 4 is 11.7 Å². The number of anilines is 1. The maximum atomic E-state index is 12.2. The van der Waals surface area contributed by atoms with E-state index in [0.29, 0.717) is 0 Å². The van der Waals surface area contributed by atoms with E-state index < -0.39 is 11.9 Å². The third-order valence-corrected chi connectivity index (χ3v) is 5.60. The summed E-state index contributed by atoms with van der Waals surface area (Å²) >= 11 is 0. The zero-order valence-corrected chi connectivity index (χ0v) is 16.8. The summed E-state index contributed by atoms with van der Waals surface area (Å²) in [6.07, 6.45) is 1.84. The molecule has 1 N–H and O–H groups in total. The fourth-order valence-electron chi connectivity index (χ4n) is 4.23. The van der Waals surface area contributed by atoms with Gasteiger partial charge in [0.1, 0.15) is 5.75 Å². The number of carbonyl (C=O) groups is 1. The molecule has 0 spiro atoms. The van der Waals surface area contributed by atoms with Gasteiger partial charge in [-0.25, -0.2) is 0 Å². The van der Waals surface area contributed by atoms with Crippen LogP contribution in [-0.2, 0) is 4.79 Å². The number of carboxylic acids is 1. The average molecular weight is 383 g/mol. The molecule has 0 aromatic heterocycles. The normalized spacial score (nSPS) is 17.1. The first kappa shape index (κ1) is 20.2. The second-order valence-corrected chi connectivity index (χ2v) is 7.28. The van der Waals surface area contributed by atoms with E-state index in [0.717, 1.165) is 56.0 Å². The molecule has 150 valence electrons. The van der Waals surface area contributed by atoms with Crippen molar-refractivity contribution in [3.8, 4) is 5.75 Å². The van der Waals surface area contributed by atoms with Gasteiger partial charge in [0, 0.05) is 32.2 Å². The van der Waals surface area contributed by atoms with E-state index in [1.165, 1.54) is 0 Å². The standard InChI is InChI=1S/C23H30N2O3/c1-3-9-20(22(23(26)27)18-10-5-4-6-11-18)25-16-14-24(15-17-25)19-12-7-8-13-21(19)28-2/h4-8,10-13,20,22H,3,9,14-17H2,1-2H3,(H,26,27). The molecule has 1 heterocycles. The minimum atomic E-state index is -0.739. The van der Waals surface area contributed by atoms with Gasteiger partial charge in [-0.15, -0.1) is 0 Å². The van der Waals surface area contributed by atoms with E-state index in [1.54, 1.807) is 7.11 Å². The van der Waals surface area contributed by atoms with Crippen LogP contribution in [0.3, 0.4) is 0 Å². The second kappa shape index (κ2) is 9.60. The summed E-state index contributed by atoms with van der Waals surface area (Å²) in [5.41, 5.74) is 2.00. The Labute approximate surface area is 167 Å². The predicted octanol–water partition coefficient (Wildman–Crippen LogP) is 3.85. The molecule has 1 fully saturated rings. The molecule has 3 rings (SSSR count). The molecule has 5 nitrogen and oxygen atoms in total. The molecule has 0 amide bonds. The third-order valence-electron chi connectivity index (χ3n) is 5.60. The fourth-order valence-corrected chi connectivity index (χ4v) is 4.23. The number of rotatable bonds is 8. The smallest absolute Gasteiger partial charge is 0.312 e. The Morgan fingerprint density at radius 1 is 1.04 bits per heavy atom. The van der Waals surface area contributed by atoms with Gasteiger partial charge < -0.3 is 14.7 Å². The SMILES string of the molecule is CCCC(C(C(=O)O)c1ccccc1)N1CCN(c2ccccc2OC)CC1. The number of ether oxygens (including phenoxy) is 1. The van der Waals surface area contributed by atoms with Crippen LogP contribution in [0.1, 0.15) is 31.2 Å². The lowest BCUT2D eigenvalue weighted by molar-refractivity contribution is -0.140. The van der Waals surface area contributed by atoms with Crippen molar-refractivity contribution in [2.75, 3.05) is 38.2 Å². The Morgan fingerprint density at radius 2 is 1.68 bits per heavy atom. The summed E-state index contributed by atoms with van der Waals surface area (Å²) in [7, 11) is 1.70. The van der Waals surface area contributed by atoms with Crippen LogP contribution in [0.4, 0.5) is 5.69 Å². The van der Waals surface area contributed by atoms with Crippen molar-refractivity contribution in [3.05, 3.63) is 60.2 Å². The molecule has 0 radical (unpaired) electrons. The molecule has 1 aliphatic heterocycles. The number of nitrogens with zero attached hydrogens (tertiary/aromatic N) is 2. The summed E-state index contributed by atoms with van der Waals surface area (Å²) in [4.78, 5) is 16.9. The molecule has 0 saturated carbocycles. The molecular formula is C23H30N2O3. The van der Waals surface area contributed by atoms with Gasteiger partial charge in [0.15, 0.2) is 0 Å². The molecule has 28 heavy (non-hydrogen) atoms. The lowest BCUT2D eigenvalue weighted by Gasteiger charge is -2.42. The number of hydrogen-bond acceptors (Lipinski definition) is 4. The van der Waals surface area contributed by atoms with Gasteiger partial charge in [-0.05, 0) is 24.1 Å². The Morgan fingerprint density at radius 3 is 2.29 bits per heavy atom. The van der Waals surface area contributed by atoms with Gasteiger partial charge in [-0.3, -0.25) is 9.69 Å². The lowest BCUT2D eigenvalue weighted by Crippen LogP contribution is -2.53. The molecule has 1 aliphatic rings. The quantitative estimate of drug-likeness (QED) is 0.751. The summed E-state index contributed by atoms with van der Waals surface area (Å²) in [6.45, 7) is 5.55. The van der Waals surface area contributed by atoms with Crippen LogP contribution in [-0.4, -0.2) is 55.3 Å². The first-order valence-corrected chi connectivity index (χ1v) is 10.1. The Hall–Kier alpha value is -2.53. The monoisotopic (exact) mass is 382 g/mol. The molecule has 0 aliphatic carbocycles. The fraction of sp³-hybridized carbons (Fsp3) is 0.435. The number of hydrogen-bond donors (Lipinski definition) is 1. The van der Waals surface area contributed by atoms with E-state index in [1.807, 2.05) is 48.5 Å². The zero-order chi connectivity index (χ0) is 19.9. The van der Waals surface area contributed by atoms with Gasteiger partial charge in [0.2, 0.25) is 0 Å². The molecule has 2 unspecified atom stereocenters. The van der Waals surface area contributed by atoms with Crippen LogP contribution in [0.5, 0.6) is 5.75 Å². The minimum Gasteiger partial charge on any atom is -0.495 e. The first-order valence-electron chi connectivity index (χ1n) is 10.1. The van der Waals surface area contributed by atoms with Gasteiger partial charge in [0.25, 0.3) is 0 Å². The maximum Gasteiger partial charge on any atom is 0.312 e. The molecular weight excluding hydrogens is 352 g/mol. The highest BCUT2D eigenvalue weighted by Gasteiger charge is 2.35. The predicted molar refractivity (Wildman–Crippen MR) is 112 cm³/mol. The van der Waals surface area contributed by atoms with Gasteiger partial charge in [-0.2, -0.15) is 0 Å². The van der Waals surface area contributed by atoms with Gasteiger partial charge in [-0.1, -0.05) is 55.8 Å². The molecule has 2 aromatic carbocycles. The van der Waals surface area contributed by atoms with Crippen LogP contribution < -0.4 is 9.64 Å². The first-order chi connectivity index (χ1) is 13.7. The molecule has 5 heteroatoms. The highest BCUT2D eigenvalue weighted by atomic mass is 16.5.